The van der Waals surface area contributed by atoms with E-state index in [-0.39, 0.29) is 22.9 Å². The minimum absolute atomic E-state index is 0.158. The van der Waals surface area contributed by atoms with Gasteiger partial charge in [0.1, 0.15) is 0 Å². The number of halogens is 1. The minimum Gasteiger partial charge on any atom is -0.440 e. The van der Waals surface area contributed by atoms with Crippen LogP contribution < -0.4 is 0 Å². The summed E-state index contributed by atoms with van der Waals surface area (Å²) in [5.41, 5.74) is 0. The number of carbonyl (C=O) groups excluding carboxylic acids is 1. The number of aryl methyl sites for hydroxylation is 1. The van der Waals surface area contributed by atoms with Crippen LogP contribution in [0.2, 0.25) is 5.22 Å². The maximum atomic E-state index is 12.3. The summed E-state index contributed by atoms with van der Waals surface area (Å²) < 4.78 is 10.1. The van der Waals surface area contributed by atoms with E-state index in [1.807, 2.05) is 0 Å². The number of furan rings is 1. The third-order valence-corrected chi connectivity index (χ3v) is 3.34. The average molecular weight is 282 g/mol. The molecule has 1 saturated heterocycles. The second-order valence-corrected chi connectivity index (χ2v) is 4.80. The molecule has 7 heteroatoms. The lowest BCUT2D eigenvalue weighted by Gasteiger charge is -2.20. The van der Waals surface area contributed by atoms with Crippen molar-refractivity contribution in [2.24, 2.45) is 0 Å². The van der Waals surface area contributed by atoms with Gasteiger partial charge in [-0.3, -0.25) is 4.79 Å². The van der Waals surface area contributed by atoms with Crippen LogP contribution in [-0.2, 0) is 0 Å². The number of likely N-dealkylation sites (tertiary alicyclic amines) is 1. The molecular weight excluding hydrogens is 270 g/mol. The van der Waals surface area contributed by atoms with Gasteiger partial charge in [0, 0.05) is 13.5 Å². The third-order valence-electron chi connectivity index (χ3n) is 3.14. The van der Waals surface area contributed by atoms with Gasteiger partial charge in [-0.1, -0.05) is 5.16 Å². The predicted molar refractivity (Wildman–Crippen MR) is 65.8 cm³/mol. The molecule has 1 fully saturated rings. The molecule has 2 aromatic rings. The van der Waals surface area contributed by atoms with Gasteiger partial charge in [-0.05, 0) is 36.6 Å². The van der Waals surface area contributed by atoms with Crippen molar-refractivity contribution in [2.75, 3.05) is 6.54 Å². The van der Waals surface area contributed by atoms with Crippen molar-refractivity contribution >= 4 is 17.5 Å². The van der Waals surface area contributed by atoms with Crippen LogP contribution in [-0.4, -0.2) is 27.5 Å². The summed E-state index contributed by atoms with van der Waals surface area (Å²) in [6.07, 6.45) is 1.72. The molecule has 2 aromatic heterocycles. The number of aromatic nitrogens is 2. The van der Waals surface area contributed by atoms with Crippen LogP contribution in [0.15, 0.2) is 21.1 Å². The Labute approximate surface area is 114 Å². The summed E-state index contributed by atoms with van der Waals surface area (Å²) in [5, 5.41) is 4.10. The Morgan fingerprint density at radius 3 is 3.00 bits per heavy atom. The molecule has 0 aliphatic carbocycles. The summed E-state index contributed by atoms with van der Waals surface area (Å²) in [7, 11) is 0. The molecule has 1 amide bonds. The molecule has 0 radical (unpaired) electrons. The molecule has 3 rings (SSSR count). The van der Waals surface area contributed by atoms with E-state index in [9.17, 15) is 4.79 Å². The highest BCUT2D eigenvalue weighted by Gasteiger charge is 2.34. The lowest BCUT2D eigenvalue weighted by molar-refractivity contribution is 0.0696. The summed E-state index contributed by atoms with van der Waals surface area (Å²) >= 11 is 5.69. The van der Waals surface area contributed by atoms with Crippen molar-refractivity contribution in [3.8, 4) is 0 Å². The number of hydrogen-bond acceptors (Lipinski definition) is 5. The van der Waals surface area contributed by atoms with Gasteiger partial charge in [-0.25, -0.2) is 0 Å². The molecule has 1 aliphatic rings. The fraction of sp³-hybridized carbons (Fsp3) is 0.417. The zero-order chi connectivity index (χ0) is 13.4. The maximum absolute atomic E-state index is 12.3. The molecule has 3 heterocycles. The van der Waals surface area contributed by atoms with E-state index in [2.05, 4.69) is 10.1 Å². The van der Waals surface area contributed by atoms with Crippen molar-refractivity contribution in [1.29, 1.82) is 0 Å². The largest absolute Gasteiger partial charge is 0.440 e. The van der Waals surface area contributed by atoms with Crippen molar-refractivity contribution < 1.29 is 13.7 Å². The van der Waals surface area contributed by atoms with Gasteiger partial charge >= 0.3 is 0 Å². The molecule has 1 atom stereocenters. The van der Waals surface area contributed by atoms with Crippen LogP contribution in [0.5, 0.6) is 0 Å². The van der Waals surface area contributed by atoms with Gasteiger partial charge < -0.3 is 13.8 Å². The molecule has 1 aliphatic heterocycles. The Hall–Kier alpha value is -1.82. The summed E-state index contributed by atoms with van der Waals surface area (Å²) in [6.45, 7) is 2.37. The molecule has 0 N–H and O–H groups in total. The first-order chi connectivity index (χ1) is 9.15. The Balaban J connectivity index is 1.85. The molecule has 0 aromatic carbocycles. The number of carbonyl (C=O) groups is 1. The lowest BCUT2D eigenvalue weighted by Crippen LogP contribution is -2.30. The second kappa shape index (κ2) is 4.70. The molecule has 0 saturated carbocycles. The van der Waals surface area contributed by atoms with Gasteiger partial charge in [0.15, 0.2) is 16.8 Å². The van der Waals surface area contributed by atoms with Gasteiger partial charge in [0.2, 0.25) is 5.89 Å². The van der Waals surface area contributed by atoms with Crippen molar-refractivity contribution in [3.05, 3.63) is 34.8 Å². The van der Waals surface area contributed by atoms with E-state index in [4.69, 9.17) is 20.5 Å². The van der Waals surface area contributed by atoms with Crippen LogP contribution >= 0.6 is 11.6 Å². The van der Waals surface area contributed by atoms with Crippen molar-refractivity contribution in [3.63, 3.8) is 0 Å². The highest BCUT2D eigenvalue weighted by atomic mass is 35.5. The van der Waals surface area contributed by atoms with E-state index >= 15 is 0 Å². The molecule has 19 heavy (non-hydrogen) atoms. The number of nitrogens with zero attached hydrogens (tertiary/aromatic N) is 3. The standard InChI is InChI=1S/C12H12ClN3O3/c1-7-14-11(15-19-7)8-3-2-6-16(8)12(17)9-4-5-10(13)18-9/h4-5,8H,2-3,6H2,1H3/t8-/m1/s1. The zero-order valence-electron chi connectivity index (χ0n) is 10.3. The third kappa shape index (κ3) is 2.23. The monoisotopic (exact) mass is 281 g/mol. The zero-order valence-corrected chi connectivity index (χ0v) is 11.1. The number of rotatable bonds is 2. The smallest absolute Gasteiger partial charge is 0.290 e. The van der Waals surface area contributed by atoms with Gasteiger partial charge in [0.05, 0.1) is 6.04 Å². The Kier molecular flexibility index (Phi) is 3.02. The normalized spacial score (nSPS) is 19.1. The first-order valence-electron chi connectivity index (χ1n) is 6.01. The minimum atomic E-state index is -0.197. The molecule has 0 unspecified atom stereocenters. The van der Waals surface area contributed by atoms with Crippen LogP contribution in [0.1, 0.15) is 41.2 Å². The van der Waals surface area contributed by atoms with E-state index < -0.39 is 0 Å². The van der Waals surface area contributed by atoms with Crippen LogP contribution in [0, 0.1) is 6.92 Å². The first-order valence-corrected chi connectivity index (χ1v) is 6.39. The van der Waals surface area contributed by atoms with Crippen LogP contribution in [0.25, 0.3) is 0 Å². The van der Waals surface area contributed by atoms with E-state index in [0.29, 0.717) is 18.3 Å². The second-order valence-electron chi connectivity index (χ2n) is 4.43. The topological polar surface area (TPSA) is 72.4 Å². The Morgan fingerprint density at radius 1 is 1.53 bits per heavy atom. The van der Waals surface area contributed by atoms with Crippen LogP contribution in [0.4, 0.5) is 0 Å². The summed E-state index contributed by atoms with van der Waals surface area (Å²) in [6, 6.07) is 2.97. The van der Waals surface area contributed by atoms with Gasteiger partial charge in [-0.2, -0.15) is 4.98 Å². The Morgan fingerprint density at radius 2 is 2.37 bits per heavy atom. The van der Waals surface area contributed by atoms with E-state index in [0.717, 1.165) is 12.8 Å². The Bertz CT molecular complexity index is 607. The molecular formula is C12H12ClN3O3. The first kappa shape index (κ1) is 12.2. The van der Waals surface area contributed by atoms with E-state index in [1.54, 1.807) is 24.0 Å². The number of amides is 1. The summed E-state index contributed by atoms with van der Waals surface area (Å²) in [4.78, 5) is 18.2. The van der Waals surface area contributed by atoms with Crippen molar-refractivity contribution in [2.45, 2.75) is 25.8 Å². The van der Waals surface area contributed by atoms with Crippen LogP contribution in [0.3, 0.4) is 0 Å². The molecule has 100 valence electrons. The quantitative estimate of drug-likeness (QED) is 0.846. The predicted octanol–water partition coefficient (Wildman–Crippen LogP) is 2.60. The highest BCUT2D eigenvalue weighted by molar-refractivity contribution is 6.29. The number of hydrogen-bond donors (Lipinski definition) is 0. The average Bonchev–Trinajstić information content (AvgIpc) is 3.07. The van der Waals surface area contributed by atoms with Crippen molar-refractivity contribution in [1.82, 2.24) is 15.0 Å². The highest BCUT2D eigenvalue weighted by Crippen LogP contribution is 2.32. The lowest BCUT2D eigenvalue weighted by atomic mass is 10.2. The molecule has 0 spiro atoms. The fourth-order valence-corrected chi connectivity index (χ4v) is 2.45. The molecule has 0 bridgehead atoms. The van der Waals surface area contributed by atoms with E-state index in [1.165, 1.54) is 0 Å². The van der Waals surface area contributed by atoms with Gasteiger partial charge in [0.25, 0.3) is 5.91 Å². The van der Waals surface area contributed by atoms with Gasteiger partial charge in [-0.15, -0.1) is 0 Å². The fourth-order valence-electron chi connectivity index (χ4n) is 2.30. The maximum Gasteiger partial charge on any atom is 0.290 e. The molecule has 6 nitrogen and oxygen atoms in total. The summed E-state index contributed by atoms with van der Waals surface area (Å²) in [5.74, 6) is 1.07. The SMILES string of the molecule is Cc1nc([C@H]2CCCN2C(=O)c2ccc(Cl)o2)no1.